The molecule has 0 bridgehead atoms. The van der Waals surface area contributed by atoms with E-state index in [0.29, 0.717) is 0 Å². The average Bonchev–Trinajstić information content (AvgIpc) is 3.15. The summed E-state index contributed by atoms with van der Waals surface area (Å²) in [6, 6.07) is 9.90. The van der Waals surface area contributed by atoms with Crippen LogP contribution in [-0.4, -0.2) is 0 Å². The molecule has 0 saturated heterocycles. The first-order chi connectivity index (χ1) is 12.5. The van der Waals surface area contributed by atoms with Crippen LogP contribution in [0.25, 0.3) is 17.2 Å². The van der Waals surface area contributed by atoms with Crippen LogP contribution in [0.1, 0.15) is 88.3 Å². The summed E-state index contributed by atoms with van der Waals surface area (Å²) in [7, 11) is 0. The van der Waals surface area contributed by atoms with Gasteiger partial charge in [-0.1, -0.05) is 77.5 Å². The maximum Gasteiger partial charge on any atom is -0.00603 e. The molecule has 0 saturated carbocycles. The molecule has 27 heavy (non-hydrogen) atoms. The molecule has 0 fully saturated rings. The highest BCUT2D eigenvalue weighted by atomic mass is 14.3. The van der Waals surface area contributed by atoms with Gasteiger partial charge in [0.15, 0.2) is 0 Å². The standard InChI is InChI=1S/C27H34/c1-17-11-19-13-18-9-8-10-23(18)25(24(19)12-17)20-14-21(26(2,3)4)16-22(15-20)27(5,6)7/h12-16H,8-11H2,1-7H3. The van der Waals surface area contributed by atoms with E-state index in [9.17, 15) is 0 Å². The maximum atomic E-state index is 2.51. The van der Waals surface area contributed by atoms with Gasteiger partial charge in [0, 0.05) is 0 Å². The topological polar surface area (TPSA) is 0 Å². The van der Waals surface area contributed by atoms with Crippen LogP contribution < -0.4 is 0 Å². The molecule has 0 aromatic heterocycles. The zero-order valence-electron chi connectivity index (χ0n) is 18.2. The quantitative estimate of drug-likeness (QED) is 0.498. The lowest BCUT2D eigenvalue weighted by molar-refractivity contribution is 0.569. The van der Waals surface area contributed by atoms with E-state index in [2.05, 4.69) is 78.8 Å². The summed E-state index contributed by atoms with van der Waals surface area (Å²) in [5.74, 6) is 0. The Labute approximate surface area is 165 Å². The van der Waals surface area contributed by atoms with Crippen LogP contribution in [0.5, 0.6) is 0 Å². The number of hydrogen-bond acceptors (Lipinski definition) is 0. The van der Waals surface area contributed by atoms with E-state index >= 15 is 0 Å². The minimum atomic E-state index is 0.156. The highest BCUT2D eigenvalue weighted by Crippen LogP contribution is 2.43. The van der Waals surface area contributed by atoms with Gasteiger partial charge in [0.25, 0.3) is 0 Å². The summed E-state index contributed by atoms with van der Waals surface area (Å²) in [5, 5.41) is 0. The maximum absolute atomic E-state index is 2.51. The van der Waals surface area contributed by atoms with Crippen LogP contribution >= 0.6 is 0 Å². The molecule has 2 aromatic rings. The van der Waals surface area contributed by atoms with E-state index in [-0.39, 0.29) is 10.8 Å². The number of benzene rings is 2. The van der Waals surface area contributed by atoms with Gasteiger partial charge in [-0.2, -0.15) is 0 Å². The van der Waals surface area contributed by atoms with Crippen molar-refractivity contribution in [2.24, 2.45) is 0 Å². The van der Waals surface area contributed by atoms with Crippen LogP contribution in [0.4, 0.5) is 0 Å². The van der Waals surface area contributed by atoms with Crippen molar-refractivity contribution in [2.75, 3.05) is 0 Å². The number of fused-ring (bicyclic) bond motifs is 2. The smallest absolute Gasteiger partial charge is 0.00603 e. The number of hydrogen-bond donors (Lipinski definition) is 0. The summed E-state index contributed by atoms with van der Waals surface area (Å²) < 4.78 is 0. The van der Waals surface area contributed by atoms with Crippen molar-refractivity contribution in [3.63, 3.8) is 0 Å². The van der Waals surface area contributed by atoms with Crippen molar-refractivity contribution >= 4 is 6.08 Å². The third kappa shape index (κ3) is 3.28. The van der Waals surface area contributed by atoms with E-state index in [1.165, 1.54) is 52.7 Å². The van der Waals surface area contributed by atoms with Crippen molar-refractivity contribution in [3.8, 4) is 11.1 Å². The Morgan fingerprint density at radius 2 is 1.37 bits per heavy atom. The normalized spacial score (nSPS) is 16.3. The number of aryl methyl sites for hydroxylation is 1. The Bertz CT molecular complexity index is 907. The van der Waals surface area contributed by atoms with Crippen LogP contribution in [0, 0.1) is 0 Å². The molecule has 2 aliphatic rings. The highest BCUT2D eigenvalue weighted by Gasteiger charge is 2.27. The summed E-state index contributed by atoms with van der Waals surface area (Å²) in [6.07, 6.45) is 7.36. The van der Waals surface area contributed by atoms with Gasteiger partial charge in [-0.3, -0.25) is 0 Å². The molecule has 0 unspecified atom stereocenters. The molecule has 0 N–H and O–H groups in total. The Balaban J connectivity index is 2.03. The summed E-state index contributed by atoms with van der Waals surface area (Å²) in [6.45, 7) is 16.3. The number of allylic oxidation sites excluding steroid dienone is 1. The van der Waals surface area contributed by atoms with E-state index in [4.69, 9.17) is 0 Å². The molecule has 0 heteroatoms. The summed E-state index contributed by atoms with van der Waals surface area (Å²) in [4.78, 5) is 0. The van der Waals surface area contributed by atoms with Crippen LogP contribution in [-0.2, 0) is 30.1 Å². The predicted molar refractivity (Wildman–Crippen MR) is 119 cm³/mol. The van der Waals surface area contributed by atoms with Gasteiger partial charge in [-0.25, -0.2) is 0 Å². The predicted octanol–water partition coefficient (Wildman–Crippen LogP) is 7.40. The average molecular weight is 359 g/mol. The molecule has 0 aliphatic heterocycles. The molecule has 0 spiro atoms. The van der Waals surface area contributed by atoms with Crippen molar-refractivity contribution in [1.82, 2.24) is 0 Å². The molecule has 0 radical (unpaired) electrons. The fourth-order valence-corrected chi connectivity index (χ4v) is 4.70. The highest BCUT2D eigenvalue weighted by molar-refractivity contribution is 5.85. The van der Waals surface area contributed by atoms with Gasteiger partial charge in [0.2, 0.25) is 0 Å². The van der Waals surface area contributed by atoms with Crippen molar-refractivity contribution in [2.45, 2.75) is 85.0 Å². The van der Waals surface area contributed by atoms with Gasteiger partial charge in [0.1, 0.15) is 0 Å². The Kier molecular flexibility index (Phi) is 4.18. The fraction of sp³-hybridized carbons (Fsp3) is 0.481. The molecule has 4 rings (SSSR count). The lowest BCUT2D eigenvalue weighted by atomic mass is 9.77. The lowest BCUT2D eigenvalue weighted by Crippen LogP contribution is -2.16. The minimum absolute atomic E-state index is 0.156. The summed E-state index contributed by atoms with van der Waals surface area (Å²) >= 11 is 0. The van der Waals surface area contributed by atoms with E-state index in [1.807, 2.05) is 0 Å². The van der Waals surface area contributed by atoms with Gasteiger partial charge in [0.05, 0.1) is 0 Å². The molecule has 0 atom stereocenters. The number of rotatable bonds is 1. The van der Waals surface area contributed by atoms with Gasteiger partial charge in [-0.05, 0) is 87.9 Å². The SMILES string of the molecule is CC1=Cc2c(cc3c(c2-c2cc(C(C)(C)C)cc(C(C)(C)C)c2)CCC3)C1. The molecular formula is C27H34. The van der Waals surface area contributed by atoms with Crippen LogP contribution in [0.3, 0.4) is 0 Å². The van der Waals surface area contributed by atoms with E-state index < -0.39 is 0 Å². The molecule has 0 heterocycles. The first-order valence-electron chi connectivity index (χ1n) is 10.6. The Morgan fingerprint density at radius 1 is 0.741 bits per heavy atom. The van der Waals surface area contributed by atoms with Gasteiger partial charge < -0.3 is 0 Å². The largest absolute Gasteiger partial charge is 0.0683 e. The van der Waals surface area contributed by atoms with Crippen molar-refractivity contribution in [1.29, 1.82) is 0 Å². The summed E-state index contributed by atoms with van der Waals surface area (Å²) in [5.41, 5.74) is 13.9. The Morgan fingerprint density at radius 3 is 1.96 bits per heavy atom. The zero-order valence-corrected chi connectivity index (χ0v) is 18.2. The molecular weight excluding hydrogens is 324 g/mol. The molecule has 0 nitrogen and oxygen atoms in total. The van der Waals surface area contributed by atoms with Crippen molar-refractivity contribution in [3.05, 3.63) is 63.2 Å². The molecule has 2 aliphatic carbocycles. The van der Waals surface area contributed by atoms with Crippen LogP contribution in [0.2, 0.25) is 0 Å². The Hall–Kier alpha value is -1.82. The zero-order chi connectivity index (χ0) is 19.6. The minimum Gasteiger partial charge on any atom is -0.0683 e. The second kappa shape index (κ2) is 6.09. The second-order valence-electron chi connectivity index (χ2n) is 10.8. The first-order valence-corrected chi connectivity index (χ1v) is 10.6. The second-order valence-corrected chi connectivity index (χ2v) is 10.8. The lowest BCUT2D eigenvalue weighted by Gasteiger charge is -2.27. The first kappa shape index (κ1) is 18.5. The third-order valence-corrected chi connectivity index (χ3v) is 6.34. The molecule has 0 amide bonds. The van der Waals surface area contributed by atoms with E-state index in [1.54, 1.807) is 16.7 Å². The molecule has 142 valence electrons. The van der Waals surface area contributed by atoms with Gasteiger partial charge >= 0.3 is 0 Å². The fourth-order valence-electron chi connectivity index (χ4n) is 4.70. The third-order valence-electron chi connectivity index (χ3n) is 6.34. The van der Waals surface area contributed by atoms with Gasteiger partial charge in [-0.15, -0.1) is 0 Å². The van der Waals surface area contributed by atoms with Crippen LogP contribution in [0.15, 0.2) is 29.8 Å². The monoisotopic (exact) mass is 358 g/mol. The van der Waals surface area contributed by atoms with Crippen molar-refractivity contribution < 1.29 is 0 Å². The molecule has 2 aromatic carbocycles. The van der Waals surface area contributed by atoms with E-state index in [0.717, 1.165) is 6.42 Å².